The lowest BCUT2D eigenvalue weighted by molar-refractivity contribution is -0.285. The maximum absolute atomic E-state index is 11.9. The molecule has 2 aliphatic heterocycles. The topological polar surface area (TPSA) is 282 Å². The van der Waals surface area contributed by atoms with Gasteiger partial charge in [-0.1, -0.05) is 0 Å². The molecule has 3 unspecified atom stereocenters. The zero-order valence-electron chi connectivity index (χ0n) is 16.8. The summed E-state index contributed by atoms with van der Waals surface area (Å²) in [5.41, 5.74) is -1.75. The Labute approximate surface area is 188 Å². The Kier molecular flexibility index (Phi) is 8.28. The molecule has 0 spiro atoms. The second-order valence-electron chi connectivity index (χ2n) is 7.19. The fourth-order valence-electron chi connectivity index (χ4n) is 3.05. The van der Waals surface area contributed by atoms with Crippen LogP contribution in [0.25, 0.3) is 0 Å². The minimum atomic E-state index is -5.79. The number of phosphoric ester groups is 2. The highest BCUT2D eigenvalue weighted by molar-refractivity contribution is 7.59. The Morgan fingerprint density at radius 2 is 1.74 bits per heavy atom. The average molecular weight is 534 g/mol. The van der Waals surface area contributed by atoms with E-state index in [-0.39, 0.29) is 0 Å². The lowest BCUT2D eigenvalue weighted by atomic mass is 10.1. The number of ether oxygens (including phenoxy) is 2. The summed E-state index contributed by atoms with van der Waals surface area (Å²) in [4.78, 5) is 48.7. The maximum Gasteiger partial charge on any atom is 0.330 e. The van der Waals surface area contributed by atoms with Crippen LogP contribution in [0.1, 0.15) is 6.23 Å². The summed E-state index contributed by atoms with van der Waals surface area (Å²) in [7, 11) is -11.5. The second kappa shape index (κ2) is 10.3. The van der Waals surface area contributed by atoms with Gasteiger partial charge in [-0.05, 0) is 0 Å². The van der Waals surface area contributed by atoms with E-state index in [1.54, 1.807) is 0 Å². The van der Waals surface area contributed by atoms with Gasteiger partial charge in [0.1, 0.15) is 36.6 Å². The Balaban J connectivity index is 1.59. The molecule has 6 N–H and O–H groups in total. The molecular formula is C14H20N2O16P2-2. The van der Waals surface area contributed by atoms with Crippen molar-refractivity contribution in [2.75, 3.05) is 13.2 Å². The van der Waals surface area contributed by atoms with Crippen molar-refractivity contribution in [1.82, 2.24) is 9.55 Å². The summed E-state index contributed by atoms with van der Waals surface area (Å²) in [6, 6.07) is 0.922. The van der Waals surface area contributed by atoms with E-state index < -0.39 is 89.2 Å². The van der Waals surface area contributed by atoms with Crippen LogP contribution in [-0.4, -0.2) is 91.2 Å². The van der Waals surface area contributed by atoms with Crippen LogP contribution in [-0.2, 0) is 32.0 Å². The first-order valence-corrected chi connectivity index (χ1v) is 12.3. The van der Waals surface area contributed by atoms with E-state index in [4.69, 9.17) is 4.74 Å². The largest absolute Gasteiger partial charge is 0.756 e. The van der Waals surface area contributed by atoms with Crippen molar-refractivity contribution in [3.05, 3.63) is 33.1 Å². The van der Waals surface area contributed by atoms with E-state index in [9.17, 15) is 54.0 Å². The number of aliphatic hydroxyl groups excluding tert-OH is 5. The molecule has 2 saturated heterocycles. The SMILES string of the molecule is O=c1ccn([C@@H]2O[C@H](COP(=O)([O-])OP(=O)([O-])OC3OC[C@H](O)[C@H](O)[C@H]3O)[C@@H](O)[C@H]2O)c(=O)[nH]1. The van der Waals surface area contributed by atoms with Gasteiger partial charge in [-0.25, -0.2) is 9.11 Å². The van der Waals surface area contributed by atoms with Crippen molar-refractivity contribution in [3.63, 3.8) is 0 Å². The zero-order chi connectivity index (χ0) is 25.4. The minimum absolute atomic E-state index is 0.646. The van der Waals surface area contributed by atoms with Crippen LogP contribution in [0, 0.1) is 0 Å². The molecule has 3 rings (SSSR count). The summed E-state index contributed by atoms with van der Waals surface area (Å²) in [5, 5.41) is 48.6. The van der Waals surface area contributed by atoms with Crippen LogP contribution >= 0.6 is 15.6 Å². The van der Waals surface area contributed by atoms with Gasteiger partial charge in [0.25, 0.3) is 21.2 Å². The molecule has 1 aromatic heterocycles. The lowest BCUT2D eigenvalue weighted by Crippen LogP contribution is -2.53. The molecular weight excluding hydrogens is 514 g/mol. The first kappa shape index (κ1) is 27.3. The summed E-state index contributed by atoms with van der Waals surface area (Å²) >= 11 is 0. The smallest absolute Gasteiger partial charge is 0.330 e. The average Bonchev–Trinajstić information content (AvgIpc) is 3.00. The molecule has 0 bridgehead atoms. The third-order valence-electron chi connectivity index (χ3n) is 4.75. The van der Waals surface area contributed by atoms with Crippen LogP contribution < -0.4 is 21.0 Å². The number of aromatic amines is 1. The Morgan fingerprint density at radius 1 is 1.06 bits per heavy atom. The number of phosphoric acid groups is 2. The molecule has 0 aliphatic carbocycles. The molecule has 20 heteroatoms. The number of aromatic nitrogens is 2. The number of nitrogens with zero attached hydrogens (tertiary/aromatic N) is 1. The lowest BCUT2D eigenvalue weighted by Gasteiger charge is -2.38. The van der Waals surface area contributed by atoms with E-state index >= 15 is 0 Å². The minimum Gasteiger partial charge on any atom is -0.756 e. The fourth-order valence-corrected chi connectivity index (χ4v) is 5.15. The highest BCUT2D eigenvalue weighted by Crippen LogP contribution is 2.56. The van der Waals surface area contributed by atoms with Crippen LogP contribution in [0.5, 0.6) is 0 Å². The van der Waals surface area contributed by atoms with E-state index in [1.807, 2.05) is 4.98 Å². The maximum atomic E-state index is 11.9. The number of nitrogens with one attached hydrogen (secondary N) is 1. The summed E-state index contributed by atoms with van der Waals surface area (Å²) in [5.74, 6) is 0. The normalized spacial score (nSPS) is 37.7. The molecule has 0 aromatic carbocycles. The number of H-pyrrole nitrogens is 1. The molecule has 0 radical (unpaired) electrons. The molecule has 3 heterocycles. The molecule has 0 amide bonds. The van der Waals surface area contributed by atoms with Gasteiger partial charge in [-0.15, -0.1) is 0 Å². The first-order chi connectivity index (χ1) is 15.7. The predicted molar refractivity (Wildman–Crippen MR) is 98.3 cm³/mol. The predicted octanol–water partition coefficient (Wildman–Crippen LogP) is -5.42. The van der Waals surface area contributed by atoms with Crippen LogP contribution in [0.15, 0.2) is 21.9 Å². The second-order valence-corrected chi connectivity index (χ2v) is 10.1. The fraction of sp³-hybridized carbons (Fsp3) is 0.714. The van der Waals surface area contributed by atoms with Crippen LogP contribution in [0.3, 0.4) is 0 Å². The van der Waals surface area contributed by atoms with Crippen molar-refractivity contribution in [3.8, 4) is 0 Å². The van der Waals surface area contributed by atoms with Crippen molar-refractivity contribution >= 4 is 15.6 Å². The monoisotopic (exact) mass is 534 g/mol. The van der Waals surface area contributed by atoms with E-state index in [0.717, 1.165) is 12.3 Å². The van der Waals surface area contributed by atoms with Gasteiger partial charge >= 0.3 is 5.69 Å². The molecule has 18 nitrogen and oxygen atoms in total. The standard InChI is InChI=1S/C14H22N2O16P2/c17-5-3-28-13(11(22)8(5)19)31-34(26,27)32-33(24,25)29-4-6-9(20)10(21)12(30-6)16-2-1-7(18)15-14(16)23/h1-2,5-6,8-13,17,19-22H,3-4H2,(H,24,25)(H,26,27)(H,15,18,23)/p-2/t5-,6+,8-,9+,10+,11+,12+,13?/m0/s1. The number of hydrogen-bond acceptors (Lipinski definition) is 16. The molecule has 10 atom stereocenters. The molecule has 2 aliphatic rings. The van der Waals surface area contributed by atoms with Crippen molar-refractivity contribution < 1.29 is 67.3 Å². The third-order valence-corrected chi connectivity index (χ3v) is 7.28. The molecule has 1 aromatic rings. The van der Waals surface area contributed by atoms with Gasteiger partial charge < -0.3 is 49.3 Å². The summed E-state index contributed by atoms with van der Waals surface area (Å²) in [6.07, 6.45) is -13.4. The first-order valence-electron chi connectivity index (χ1n) is 9.36. The van der Waals surface area contributed by atoms with Gasteiger partial charge in [0, 0.05) is 12.3 Å². The van der Waals surface area contributed by atoms with E-state index in [0.29, 0.717) is 4.57 Å². The van der Waals surface area contributed by atoms with Crippen molar-refractivity contribution in [2.45, 2.75) is 49.1 Å². The molecule has 2 fully saturated rings. The number of rotatable bonds is 8. The van der Waals surface area contributed by atoms with Gasteiger partial charge in [0.05, 0.1) is 13.2 Å². The van der Waals surface area contributed by atoms with E-state index in [1.165, 1.54) is 0 Å². The quantitative estimate of drug-likeness (QED) is 0.170. The zero-order valence-corrected chi connectivity index (χ0v) is 18.5. The summed E-state index contributed by atoms with van der Waals surface area (Å²) in [6.45, 7) is -1.73. The van der Waals surface area contributed by atoms with Crippen molar-refractivity contribution in [1.29, 1.82) is 0 Å². The van der Waals surface area contributed by atoms with Crippen LogP contribution in [0.4, 0.5) is 0 Å². The van der Waals surface area contributed by atoms with Gasteiger partial charge in [-0.2, -0.15) is 0 Å². The van der Waals surface area contributed by atoms with Gasteiger partial charge in [0.2, 0.25) is 0 Å². The Morgan fingerprint density at radius 3 is 2.38 bits per heavy atom. The Hall–Kier alpha value is -1.34. The Bertz CT molecular complexity index is 1080. The summed E-state index contributed by atoms with van der Waals surface area (Å²) < 4.78 is 46.8. The molecule has 194 valence electrons. The molecule has 34 heavy (non-hydrogen) atoms. The molecule has 0 saturated carbocycles. The van der Waals surface area contributed by atoms with E-state index in [2.05, 4.69) is 18.1 Å². The van der Waals surface area contributed by atoms with Crippen molar-refractivity contribution in [2.24, 2.45) is 0 Å². The van der Waals surface area contributed by atoms with Gasteiger partial charge in [0.15, 0.2) is 12.5 Å². The van der Waals surface area contributed by atoms with Gasteiger partial charge in [-0.3, -0.25) is 28.0 Å². The highest BCUT2D eigenvalue weighted by Gasteiger charge is 2.45. The highest BCUT2D eigenvalue weighted by atomic mass is 31.3. The number of aliphatic hydroxyl groups is 5. The van der Waals surface area contributed by atoms with Crippen LogP contribution in [0.2, 0.25) is 0 Å². The number of hydrogen-bond donors (Lipinski definition) is 6. The third kappa shape index (κ3) is 6.26.